The normalized spacial score (nSPS) is 17.0. The molecule has 0 atom stereocenters. The van der Waals surface area contributed by atoms with E-state index in [1.165, 1.54) is 0 Å². The summed E-state index contributed by atoms with van der Waals surface area (Å²) in [7, 11) is 0. The van der Waals surface area contributed by atoms with Gasteiger partial charge in [-0.25, -0.2) is 4.79 Å². The van der Waals surface area contributed by atoms with Crippen molar-refractivity contribution in [1.82, 2.24) is 5.32 Å². The van der Waals surface area contributed by atoms with Crippen LogP contribution in [0.2, 0.25) is 0 Å². The Morgan fingerprint density at radius 2 is 1.75 bits per heavy atom. The average molecular weight is 218 g/mol. The zero-order valence-corrected chi connectivity index (χ0v) is 8.40. The summed E-state index contributed by atoms with van der Waals surface area (Å²) in [5, 5.41) is 1.87. The van der Waals surface area contributed by atoms with Crippen molar-refractivity contribution in [2.24, 2.45) is 11.7 Å². The summed E-state index contributed by atoms with van der Waals surface area (Å²) in [5.41, 5.74) is 6.56. The molecule has 82 valence electrons. The van der Waals surface area contributed by atoms with Crippen LogP contribution in [0.4, 0.5) is 4.79 Å². The zero-order chi connectivity index (χ0) is 11.7. The van der Waals surface area contributed by atoms with Crippen LogP contribution in [0.3, 0.4) is 0 Å². The van der Waals surface area contributed by atoms with E-state index in [1.807, 2.05) is 29.6 Å². The first-order chi connectivity index (χ1) is 7.58. The topological polar surface area (TPSA) is 89.3 Å². The van der Waals surface area contributed by atoms with Crippen molar-refractivity contribution in [1.29, 1.82) is 0 Å². The van der Waals surface area contributed by atoms with Gasteiger partial charge in [-0.2, -0.15) is 0 Å². The number of hydrogen-bond acceptors (Lipinski definition) is 3. The lowest BCUT2D eigenvalue weighted by molar-refractivity contribution is -0.128. The highest BCUT2D eigenvalue weighted by Gasteiger charge is 2.31. The Morgan fingerprint density at radius 1 is 1.19 bits per heavy atom. The first-order valence-electron chi connectivity index (χ1n) is 4.80. The van der Waals surface area contributed by atoms with Crippen molar-refractivity contribution in [3.63, 3.8) is 0 Å². The number of nitrogens with one attached hydrogen (secondary N) is 1. The van der Waals surface area contributed by atoms with Crippen molar-refractivity contribution in [2.45, 2.75) is 6.42 Å². The van der Waals surface area contributed by atoms with Gasteiger partial charge in [0.05, 0.1) is 12.3 Å². The maximum Gasteiger partial charge on any atom is 0.318 e. The molecule has 5 heteroatoms. The quantitative estimate of drug-likeness (QED) is 0.663. The third kappa shape index (κ3) is 1.79. The van der Waals surface area contributed by atoms with E-state index in [-0.39, 0.29) is 18.1 Å². The minimum absolute atomic E-state index is 0.223. The first kappa shape index (κ1) is 10.4. The number of amides is 3. The number of ketones is 1. The van der Waals surface area contributed by atoms with E-state index in [4.69, 9.17) is 5.73 Å². The van der Waals surface area contributed by atoms with E-state index in [2.05, 4.69) is 0 Å². The van der Waals surface area contributed by atoms with Crippen LogP contribution in [0.1, 0.15) is 6.42 Å². The van der Waals surface area contributed by atoms with Gasteiger partial charge in [-0.3, -0.25) is 14.9 Å². The molecule has 0 heterocycles. The lowest BCUT2D eigenvalue weighted by atomic mass is 9.95. The Bertz CT molecular complexity index is 450. The fraction of sp³-hybridized carbons (Fsp3) is 0.182. The summed E-state index contributed by atoms with van der Waals surface area (Å²) in [6.07, 6.45) is 7.07. The van der Waals surface area contributed by atoms with Gasteiger partial charge in [-0.05, 0) is 11.1 Å². The number of rotatable bonds is 3. The Morgan fingerprint density at radius 3 is 2.19 bits per heavy atom. The van der Waals surface area contributed by atoms with Crippen molar-refractivity contribution in [3.05, 3.63) is 35.5 Å². The molecule has 0 aromatic heterocycles. The van der Waals surface area contributed by atoms with Crippen LogP contribution >= 0.6 is 0 Å². The van der Waals surface area contributed by atoms with Crippen molar-refractivity contribution < 1.29 is 14.4 Å². The fourth-order valence-corrected chi connectivity index (χ4v) is 1.89. The van der Waals surface area contributed by atoms with Gasteiger partial charge in [0.25, 0.3) is 0 Å². The van der Waals surface area contributed by atoms with Crippen LogP contribution in [0, 0.1) is 5.92 Å². The highest BCUT2D eigenvalue weighted by Crippen LogP contribution is 2.36. The Labute approximate surface area is 91.7 Å². The van der Waals surface area contributed by atoms with Crippen LogP contribution in [-0.2, 0) is 9.59 Å². The first-order valence-corrected chi connectivity index (χ1v) is 4.80. The molecule has 0 aliphatic heterocycles. The van der Waals surface area contributed by atoms with Gasteiger partial charge in [0, 0.05) is 0 Å². The highest BCUT2D eigenvalue weighted by molar-refractivity contribution is 6.07. The van der Waals surface area contributed by atoms with Gasteiger partial charge in [0.1, 0.15) is 0 Å². The van der Waals surface area contributed by atoms with Gasteiger partial charge in [-0.15, -0.1) is 0 Å². The summed E-state index contributed by atoms with van der Waals surface area (Å²) in [5.74, 6) is -1.22. The van der Waals surface area contributed by atoms with Crippen LogP contribution < -0.4 is 11.1 Å². The maximum atomic E-state index is 11.8. The van der Waals surface area contributed by atoms with E-state index in [1.54, 1.807) is 0 Å². The molecule has 0 saturated carbocycles. The fourth-order valence-electron chi connectivity index (χ4n) is 1.89. The van der Waals surface area contributed by atoms with Crippen LogP contribution in [-0.4, -0.2) is 17.7 Å². The SMILES string of the molecule is NC(=O)NC(=O)CC(=O)C1C2=CC=C1C=C2. The molecule has 2 aliphatic rings. The molecule has 0 radical (unpaired) electrons. The van der Waals surface area contributed by atoms with Gasteiger partial charge >= 0.3 is 6.03 Å². The Balaban J connectivity index is 1.96. The highest BCUT2D eigenvalue weighted by atomic mass is 16.2. The number of imide groups is 1. The van der Waals surface area contributed by atoms with Crippen LogP contribution in [0.5, 0.6) is 0 Å². The van der Waals surface area contributed by atoms with Gasteiger partial charge in [0.2, 0.25) is 5.91 Å². The average Bonchev–Trinajstić information content (AvgIpc) is 2.74. The third-order valence-corrected chi connectivity index (χ3v) is 2.52. The molecule has 2 aliphatic carbocycles. The van der Waals surface area contributed by atoms with Gasteiger partial charge < -0.3 is 5.73 Å². The molecule has 2 bridgehead atoms. The monoisotopic (exact) mass is 218 g/mol. The number of hydrogen-bond donors (Lipinski definition) is 2. The minimum Gasteiger partial charge on any atom is -0.351 e. The molecule has 0 aromatic rings. The van der Waals surface area contributed by atoms with Crippen molar-refractivity contribution >= 4 is 17.7 Å². The minimum atomic E-state index is -0.941. The summed E-state index contributed by atoms with van der Waals surface area (Å²) in [4.78, 5) is 33.3. The molecule has 5 nitrogen and oxygen atoms in total. The van der Waals surface area contributed by atoms with Crippen LogP contribution in [0.25, 0.3) is 0 Å². The Kier molecular flexibility index (Phi) is 2.44. The summed E-state index contributed by atoms with van der Waals surface area (Å²) < 4.78 is 0. The number of primary amides is 1. The van der Waals surface area contributed by atoms with E-state index >= 15 is 0 Å². The van der Waals surface area contributed by atoms with Crippen molar-refractivity contribution in [3.8, 4) is 0 Å². The molecule has 0 spiro atoms. The lowest BCUT2D eigenvalue weighted by Gasteiger charge is -2.08. The van der Waals surface area contributed by atoms with E-state index in [9.17, 15) is 14.4 Å². The summed E-state index contributed by atoms with van der Waals surface area (Å²) in [6.45, 7) is 0. The maximum absolute atomic E-state index is 11.8. The van der Waals surface area contributed by atoms with Gasteiger partial charge in [0.15, 0.2) is 5.78 Å². The number of allylic oxidation sites excluding steroid dienone is 6. The van der Waals surface area contributed by atoms with E-state index in [0.717, 1.165) is 11.1 Å². The zero-order valence-electron chi connectivity index (χ0n) is 8.40. The lowest BCUT2D eigenvalue weighted by Crippen LogP contribution is -2.36. The number of urea groups is 1. The molecule has 0 saturated heterocycles. The predicted molar refractivity (Wildman–Crippen MR) is 56.1 cm³/mol. The third-order valence-electron chi connectivity index (χ3n) is 2.52. The molecular formula is C11H10N2O3. The van der Waals surface area contributed by atoms with E-state index < -0.39 is 11.9 Å². The second kappa shape index (κ2) is 3.77. The standard InChI is InChI=1S/C11H10N2O3/c12-11(16)13-9(15)5-8(14)10-6-1-2-7(10)4-3-6/h1-4,10H,5H2,(H3,12,13,15,16). The molecule has 3 amide bonds. The summed E-state index contributed by atoms with van der Waals surface area (Å²) in [6, 6.07) is -0.941. The predicted octanol–water partition coefficient (Wildman–Crippen LogP) is 0.193. The Hall–Kier alpha value is -2.17. The molecule has 16 heavy (non-hydrogen) atoms. The molecule has 0 fully saturated rings. The second-order valence-corrected chi connectivity index (χ2v) is 3.66. The van der Waals surface area contributed by atoms with E-state index in [0.29, 0.717) is 0 Å². The number of fused-ring (bicyclic) bond motifs is 2. The largest absolute Gasteiger partial charge is 0.351 e. The number of nitrogens with two attached hydrogens (primary N) is 1. The van der Waals surface area contributed by atoms with Crippen molar-refractivity contribution in [2.75, 3.05) is 0 Å². The second-order valence-electron chi connectivity index (χ2n) is 3.66. The molecule has 3 N–H and O–H groups in total. The van der Waals surface area contributed by atoms with Gasteiger partial charge in [-0.1, -0.05) is 24.3 Å². The summed E-state index contributed by atoms with van der Waals surface area (Å²) >= 11 is 0. The smallest absolute Gasteiger partial charge is 0.318 e. The molecular weight excluding hydrogens is 208 g/mol. The number of carbonyl (C=O) groups is 3. The number of Topliss-reactive ketones (excluding diaryl/α,β-unsaturated/α-hetero) is 1. The number of carbonyl (C=O) groups excluding carboxylic acids is 3. The molecule has 0 aromatic carbocycles. The molecule has 0 unspecified atom stereocenters. The van der Waals surface area contributed by atoms with Crippen LogP contribution in [0.15, 0.2) is 35.5 Å². The molecule has 2 rings (SSSR count).